The van der Waals surface area contributed by atoms with Crippen LogP contribution in [0.1, 0.15) is 51.9 Å². The van der Waals surface area contributed by atoms with Gasteiger partial charge < -0.3 is 29.5 Å². The molecule has 0 aromatic heterocycles. The van der Waals surface area contributed by atoms with Crippen LogP contribution in [-0.4, -0.2) is 58.9 Å². The molecule has 2 heterocycles. The summed E-state index contributed by atoms with van der Waals surface area (Å²) in [4.78, 5) is 0. The highest BCUT2D eigenvalue weighted by atomic mass is 16.7. The Morgan fingerprint density at radius 3 is 2.38 bits per heavy atom. The van der Waals surface area contributed by atoms with E-state index in [1.165, 1.54) is 25.7 Å². The fraction of sp³-hybridized carbons (Fsp3) is 1.00. The largest absolute Gasteiger partial charge is 0.387 e. The van der Waals surface area contributed by atoms with E-state index in [4.69, 9.17) is 14.2 Å². The summed E-state index contributed by atoms with van der Waals surface area (Å²) in [7, 11) is 0. The molecule has 0 aliphatic carbocycles. The van der Waals surface area contributed by atoms with E-state index >= 15 is 0 Å². The second-order valence-electron chi connectivity index (χ2n) is 5.97. The highest BCUT2D eigenvalue weighted by Gasteiger charge is 2.47. The number of hydrogen-bond acceptors (Lipinski definition) is 6. The lowest BCUT2D eigenvalue weighted by Crippen LogP contribution is -2.62. The molecule has 6 heteroatoms. The molecule has 2 rings (SSSR count). The molecule has 2 unspecified atom stereocenters. The highest BCUT2D eigenvalue weighted by molar-refractivity contribution is 4.91. The van der Waals surface area contributed by atoms with Gasteiger partial charge >= 0.3 is 0 Å². The third kappa shape index (κ3) is 4.61. The van der Waals surface area contributed by atoms with Gasteiger partial charge in [0.25, 0.3) is 0 Å². The fourth-order valence-corrected chi connectivity index (χ4v) is 2.88. The molecule has 0 spiro atoms. The van der Waals surface area contributed by atoms with Crippen LogP contribution in [0.2, 0.25) is 0 Å². The second-order valence-corrected chi connectivity index (χ2v) is 5.97. The van der Waals surface area contributed by atoms with Gasteiger partial charge in [-0.3, -0.25) is 0 Å². The van der Waals surface area contributed by atoms with Gasteiger partial charge in [-0.05, 0) is 12.8 Å². The lowest BCUT2D eigenvalue weighted by molar-refractivity contribution is -0.352. The van der Waals surface area contributed by atoms with Gasteiger partial charge in [-0.15, -0.1) is 0 Å². The third-order valence-corrected chi connectivity index (χ3v) is 4.21. The predicted octanol–water partition coefficient (Wildman–Crippen LogP) is 0.917. The number of fused-ring (bicyclic) bond motifs is 1. The molecule has 0 bridgehead atoms. The van der Waals surface area contributed by atoms with E-state index in [9.17, 15) is 15.3 Å². The van der Waals surface area contributed by atoms with E-state index in [0.717, 1.165) is 19.3 Å². The number of hydrogen-bond donors (Lipinski definition) is 3. The molecule has 0 radical (unpaired) electrons. The molecule has 0 aromatic carbocycles. The standard InChI is InChI=1S/C15H28O6/c1-2-3-4-5-6-7-8-11-19-9-10-14(21-11)12(16)13(17)15(18)20-10/h10-18H,2-9H2,1H3/t10-,11?,12-,13-,14-,15?/m1/s1. The number of aliphatic hydroxyl groups excluding tert-OH is 3. The first-order chi connectivity index (χ1) is 10.1. The summed E-state index contributed by atoms with van der Waals surface area (Å²) in [6, 6.07) is 0. The minimum atomic E-state index is -1.39. The van der Waals surface area contributed by atoms with Gasteiger partial charge in [0.15, 0.2) is 12.6 Å². The zero-order valence-corrected chi connectivity index (χ0v) is 12.7. The van der Waals surface area contributed by atoms with Crippen LogP contribution in [0, 0.1) is 0 Å². The molecule has 6 atom stereocenters. The smallest absolute Gasteiger partial charge is 0.184 e. The molecule has 2 aliphatic rings. The molecule has 0 amide bonds. The van der Waals surface area contributed by atoms with Gasteiger partial charge in [0.05, 0.1) is 6.61 Å². The number of ether oxygens (including phenoxy) is 3. The Labute approximate surface area is 126 Å². The number of unbranched alkanes of at least 4 members (excludes halogenated alkanes) is 5. The lowest BCUT2D eigenvalue weighted by atomic mass is 9.98. The van der Waals surface area contributed by atoms with E-state index in [1.807, 2.05) is 0 Å². The van der Waals surface area contributed by atoms with Gasteiger partial charge in [0.1, 0.15) is 24.4 Å². The van der Waals surface area contributed by atoms with Crippen molar-refractivity contribution in [3.05, 3.63) is 0 Å². The van der Waals surface area contributed by atoms with Crippen molar-refractivity contribution in [1.29, 1.82) is 0 Å². The van der Waals surface area contributed by atoms with Crippen molar-refractivity contribution in [2.24, 2.45) is 0 Å². The Morgan fingerprint density at radius 2 is 1.62 bits per heavy atom. The van der Waals surface area contributed by atoms with E-state index in [1.54, 1.807) is 0 Å². The van der Waals surface area contributed by atoms with Crippen LogP contribution in [0.3, 0.4) is 0 Å². The monoisotopic (exact) mass is 304 g/mol. The predicted molar refractivity (Wildman–Crippen MR) is 75.5 cm³/mol. The normalized spacial score (nSPS) is 40.0. The molecule has 2 saturated heterocycles. The Kier molecular flexibility index (Phi) is 6.85. The lowest BCUT2D eigenvalue weighted by Gasteiger charge is -2.45. The van der Waals surface area contributed by atoms with Gasteiger partial charge in [-0.1, -0.05) is 39.0 Å². The molecule has 2 aliphatic heterocycles. The van der Waals surface area contributed by atoms with Crippen LogP contribution >= 0.6 is 0 Å². The van der Waals surface area contributed by atoms with Crippen molar-refractivity contribution in [1.82, 2.24) is 0 Å². The summed E-state index contributed by atoms with van der Waals surface area (Å²) in [6.07, 6.45) is 2.57. The molecule has 21 heavy (non-hydrogen) atoms. The van der Waals surface area contributed by atoms with E-state index in [-0.39, 0.29) is 12.9 Å². The van der Waals surface area contributed by atoms with Gasteiger partial charge in [0.2, 0.25) is 0 Å². The van der Waals surface area contributed by atoms with E-state index < -0.39 is 30.7 Å². The molecule has 124 valence electrons. The molecule has 0 saturated carbocycles. The molecular formula is C15H28O6. The van der Waals surface area contributed by atoms with Crippen LogP contribution in [0.5, 0.6) is 0 Å². The Balaban J connectivity index is 1.69. The topological polar surface area (TPSA) is 88.4 Å². The molecule has 2 fully saturated rings. The maximum Gasteiger partial charge on any atom is 0.184 e. The average molecular weight is 304 g/mol. The van der Waals surface area contributed by atoms with Crippen LogP contribution in [-0.2, 0) is 14.2 Å². The summed E-state index contributed by atoms with van der Waals surface area (Å²) in [6.45, 7) is 2.47. The van der Waals surface area contributed by atoms with Crippen molar-refractivity contribution >= 4 is 0 Å². The van der Waals surface area contributed by atoms with Crippen molar-refractivity contribution in [3.8, 4) is 0 Å². The van der Waals surface area contributed by atoms with Gasteiger partial charge in [0, 0.05) is 0 Å². The van der Waals surface area contributed by atoms with Crippen molar-refractivity contribution in [2.45, 2.75) is 88.9 Å². The average Bonchev–Trinajstić information content (AvgIpc) is 2.49. The first kappa shape index (κ1) is 17.1. The van der Waals surface area contributed by atoms with Crippen LogP contribution in [0.25, 0.3) is 0 Å². The highest BCUT2D eigenvalue weighted by Crippen LogP contribution is 2.29. The van der Waals surface area contributed by atoms with Crippen molar-refractivity contribution < 1.29 is 29.5 Å². The summed E-state index contributed by atoms with van der Waals surface area (Å²) in [5.74, 6) is 0. The maximum absolute atomic E-state index is 9.96. The van der Waals surface area contributed by atoms with Gasteiger partial charge in [-0.25, -0.2) is 0 Å². The second kappa shape index (κ2) is 8.41. The Morgan fingerprint density at radius 1 is 0.905 bits per heavy atom. The minimum Gasteiger partial charge on any atom is -0.387 e. The zero-order valence-electron chi connectivity index (χ0n) is 12.7. The first-order valence-corrected chi connectivity index (χ1v) is 8.10. The van der Waals surface area contributed by atoms with Gasteiger partial charge in [-0.2, -0.15) is 0 Å². The third-order valence-electron chi connectivity index (χ3n) is 4.21. The summed E-state index contributed by atoms with van der Waals surface area (Å²) >= 11 is 0. The zero-order chi connectivity index (χ0) is 15.2. The number of rotatable bonds is 7. The molecule has 3 N–H and O–H groups in total. The van der Waals surface area contributed by atoms with E-state index in [2.05, 4.69) is 6.92 Å². The summed E-state index contributed by atoms with van der Waals surface area (Å²) in [5.41, 5.74) is 0. The van der Waals surface area contributed by atoms with Crippen LogP contribution in [0.4, 0.5) is 0 Å². The van der Waals surface area contributed by atoms with Crippen LogP contribution in [0.15, 0.2) is 0 Å². The molecule has 6 nitrogen and oxygen atoms in total. The van der Waals surface area contributed by atoms with Crippen molar-refractivity contribution in [2.75, 3.05) is 6.61 Å². The fourth-order valence-electron chi connectivity index (χ4n) is 2.88. The Hall–Kier alpha value is -0.240. The summed E-state index contributed by atoms with van der Waals surface area (Å²) in [5, 5.41) is 29.0. The maximum atomic E-state index is 9.96. The molecular weight excluding hydrogens is 276 g/mol. The van der Waals surface area contributed by atoms with Crippen LogP contribution < -0.4 is 0 Å². The van der Waals surface area contributed by atoms with Crippen molar-refractivity contribution in [3.63, 3.8) is 0 Å². The number of aliphatic hydroxyl groups is 3. The Bertz CT molecular complexity index is 298. The molecule has 0 aromatic rings. The SMILES string of the molecule is CCCCCCCCC1OC[C@H]2OC(O)[C@H](O)[C@@H](O)[C@@H]2O1. The first-order valence-electron chi connectivity index (χ1n) is 8.10. The minimum absolute atomic E-state index is 0.270. The summed E-state index contributed by atoms with van der Waals surface area (Å²) < 4.78 is 16.4. The quantitative estimate of drug-likeness (QED) is 0.606. The van der Waals surface area contributed by atoms with E-state index in [0.29, 0.717) is 0 Å².